The number of carbonyl (C=O) groups is 2. The van der Waals surface area contributed by atoms with Gasteiger partial charge in [-0.3, -0.25) is 4.79 Å². The van der Waals surface area contributed by atoms with Crippen LogP contribution >= 0.6 is 0 Å². The maximum Gasteiger partial charge on any atom is 0.333 e. The number of hydrogen-bond donors (Lipinski definition) is 0. The predicted octanol–water partition coefficient (Wildman–Crippen LogP) is 2.58. The van der Waals surface area contributed by atoms with E-state index in [1.165, 1.54) is 0 Å². The smallest absolute Gasteiger partial charge is 0.333 e. The fraction of sp³-hybridized carbons (Fsp3) is 0.667. The summed E-state index contributed by atoms with van der Waals surface area (Å²) in [4.78, 5) is 22.0. The third-order valence-electron chi connectivity index (χ3n) is 1.88. The van der Waals surface area contributed by atoms with Crippen LogP contribution in [0.3, 0.4) is 0 Å². The molecule has 0 saturated heterocycles. The lowest BCUT2D eigenvalue weighted by Gasteiger charge is -1.99. The summed E-state index contributed by atoms with van der Waals surface area (Å²) in [6.07, 6.45) is 6.15. The van der Waals surface area contributed by atoms with Crippen molar-refractivity contribution in [3.8, 4) is 0 Å². The van der Waals surface area contributed by atoms with Gasteiger partial charge in [0.15, 0.2) is 0 Å². The average Bonchev–Trinajstić information content (AvgIpc) is 2.26. The van der Waals surface area contributed by atoms with Crippen molar-refractivity contribution < 1.29 is 19.1 Å². The third kappa shape index (κ3) is 9.24. The van der Waals surface area contributed by atoms with E-state index in [1.807, 2.05) is 13.8 Å². The van der Waals surface area contributed by atoms with Crippen molar-refractivity contribution in [1.29, 1.82) is 0 Å². The fourth-order valence-electron chi connectivity index (χ4n) is 0.911. The molecule has 0 fully saturated rings. The van der Waals surface area contributed by atoms with E-state index in [0.29, 0.717) is 13.0 Å². The average molecular weight is 228 g/mol. The summed E-state index contributed by atoms with van der Waals surface area (Å²) in [5, 5.41) is 0. The van der Waals surface area contributed by atoms with Crippen molar-refractivity contribution in [1.82, 2.24) is 0 Å². The van der Waals surface area contributed by atoms with Gasteiger partial charge in [-0.25, -0.2) is 4.79 Å². The number of ether oxygens (including phenoxy) is 2. The maximum absolute atomic E-state index is 11.0. The predicted molar refractivity (Wildman–Crippen MR) is 60.6 cm³/mol. The standard InChI is InChI=1S/C12H20O4/c1-3-5-7-11(13)16-10-8-12(14)15-9-6-4-2/h8,10H,3-7,9H2,1-2H3/b10-8+. The first-order valence-corrected chi connectivity index (χ1v) is 5.73. The van der Waals surface area contributed by atoms with Crippen LogP contribution < -0.4 is 0 Å². The van der Waals surface area contributed by atoms with Crippen LogP contribution in [0.25, 0.3) is 0 Å². The van der Waals surface area contributed by atoms with E-state index in [1.54, 1.807) is 0 Å². The number of rotatable bonds is 8. The monoisotopic (exact) mass is 228 g/mol. The summed E-state index contributed by atoms with van der Waals surface area (Å²) in [6.45, 7) is 4.41. The molecule has 0 atom stereocenters. The summed E-state index contributed by atoms with van der Waals surface area (Å²) in [5.41, 5.74) is 0. The minimum Gasteiger partial charge on any atom is -0.462 e. The topological polar surface area (TPSA) is 52.6 Å². The molecule has 0 heterocycles. The Bertz CT molecular complexity index is 233. The lowest BCUT2D eigenvalue weighted by Crippen LogP contribution is -2.03. The van der Waals surface area contributed by atoms with Gasteiger partial charge in [-0.2, -0.15) is 0 Å². The van der Waals surface area contributed by atoms with Crippen LogP contribution in [0.4, 0.5) is 0 Å². The molecule has 92 valence electrons. The third-order valence-corrected chi connectivity index (χ3v) is 1.88. The summed E-state index contributed by atoms with van der Waals surface area (Å²) in [6, 6.07) is 0. The molecule has 4 nitrogen and oxygen atoms in total. The van der Waals surface area contributed by atoms with Gasteiger partial charge in [0.05, 0.1) is 12.7 Å². The Morgan fingerprint density at radius 2 is 1.81 bits per heavy atom. The largest absolute Gasteiger partial charge is 0.462 e. The van der Waals surface area contributed by atoms with Crippen molar-refractivity contribution in [2.75, 3.05) is 6.61 Å². The molecule has 0 N–H and O–H groups in total. The minimum absolute atomic E-state index is 0.320. The quantitative estimate of drug-likeness (QED) is 0.277. The molecule has 0 aromatic heterocycles. The van der Waals surface area contributed by atoms with E-state index in [-0.39, 0.29) is 5.97 Å². The molecule has 0 bridgehead atoms. The van der Waals surface area contributed by atoms with Crippen molar-refractivity contribution in [3.63, 3.8) is 0 Å². The molecule has 0 rings (SSSR count). The second-order valence-corrected chi connectivity index (χ2v) is 3.42. The van der Waals surface area contributed by atoms with E-state index >= 15 is 0 Å². The Balaban J connectivity index is 3.58. The Hall–Kier alpha value is -1.32. The zero-order valence-electron chi connectivity index (χ0n) is 10.0. The number of esters is 2. The lowest BCUT2D eigenvalue weighted by molar-refractivity contribution is -0.139. The molecule has 0 aliphatic heterocycles. The first kappa shape index (κ1) is 14.7. The van der Waals surface area contributed by atoms with Gasteiger partial charge in [-0.15, -0.1) is 0 Å². The van der Waals surface area contributed by atoms with Crippen molar-refractivity contribution in [2.24, 2.45) is 0 Å². The minimum atomic E-state index is -0.475. The van der Waals surface area contributed by atoms with Gasteiger partial charge in [0.25, 0.3) is 0 Å². The van der Waals surface area contributed by atoms with Crippen molar-refractivity contribution in [2.45, 2.75) is 46.0 Å². The number of carbonyl (C=O) groups excluding carboxylic acids is 2. The molecule has 0 aliphatic rings. The Morgan fingerprint density at radius 3 is 2.44 bits per heavy atom. The first-order valence-electron chi connectivity index (χ1n) is 5.73. The van der Waals surface area contributed by atoms with Crippen molar-refractivity contribution in [3.05, 3.63) is 12.3 Å². The summed E-state index contributed by atoms with van der Waals surface area (Å²) < 4.78 is 9.53. The van der Waals surface area contributed by atoms with E-state index in [9.17, 15) is 9.59 Å². The molecule has 0 spiro atoms. The van der Waals surface area contributed by atoms with Crippen LogP contribution in [0.2, 0.25) is 0 Å². The van der Waals surface area contributed by atoms with Gasteiger partial charge in [0.2, 0.25) is 0 Å². The van der Waals surface area contributed by atoms with E-state index in [2.05, 4.69) is 0 Å². The molecule has 16 heavy (non-hydrogen) atoms. The van der Waals surface area contributed by atoms with Gasteiger partial charge >= 0.3 is 11.9 Å². The van der Waals surface area contributed by atoms with E-state index in [4.69, 9.17) is 9.47 Å². The summed E-state index contributed by atoms with van der Waals surface area (Å²) in [5.74, 6) is -0.795. The van der Waals surface area contributed by atoms with Gasteiger partial charge in [0.1, 0.15) is 6.26 Å². The van der Waals surface area contributed by atoms with Gasteiger partial charge in [-0.05, 0) is 12.8 Å². The fourth-order valence-corrected chi connectivity index (χ4v) is 0.911. The second kappa shape index (κ2) is 10.2. The molecule has 0 saturated carbocycles. The first-order chi connectivity index (χ1) is 7.70. The highest BCUT2D eigenvalue weighted by Gasteiger charge is 2.00. The van der Waals surface area contributed by atoms with E-state index < -0.39 is 5.97 Å². The van der Waals surface area contributed by atoms with Crippen molar-refractivity contribution >= 4 is 11.9 Å². The Labute approximate surface area is 96.6 Å². The zero-order valence-corrected chi connectivity index (χ0v) is 10.0. The molecule has 4 heteroatoms. The molecular weight excluding hydrogens is 208 g/mol. The maximum atomic E-state index is 11.0. The lowest BCUT2D eigenvalue weighted by atomic mass is 10.3. The second-order valence-electron chi connectivity index (χ2n) is 3.42. The van der Waals surface area contributed by atoms with E-state index in [0.717, 1.165) is 38.0 Å². The molecular formula is C12H20O4. The van der Waals surface area contributed by atoms with Crippen LogP contribution in [0.1, 0.15) is 46.0 Å². The molecule has 0 aliphatic carbocycles. The molecule has 0 aromatic rings. The van der Waals surface area contributed by atoms with Crippen LogP contribution in [-0.4, -0.2) is 18.5 Å². The summed E-state index contributed by atoms with van der Waals surface area (Å²) in [7, 11) is 0. The normalized spacial score (nSPS) is 10.4. The molecule has 0 unspecified atom stereocenters. The molecule has 0 amide bonds. The van der Waals surface area contributed by atoms with Gasteiger partial charge in [0, 0.05) is 6.42 Å². The Kier molecular flexibility index (Phi) is 9.36. The summed E-state index contributed by atoms with van der Waals surface area (Å²) >= 11 is 0. The highest BCUT2D eigenvalue weighted by atomic mass is 16.5. The molecule has 0 radical (unpaired) electrons. The highest BCUT2D eigenvalue weighted by molar-refractivity contribution is 5.82. The Morgan fingerprint density at radius 1 is 1.12 bits per heavy atom. The SMILES string of the molecule is CCCCOC(=O)/C=C/OC(=O)CCCC. The number of unbranched alkanes of at least 4 members (excludes halogenated alkanes) is 2. The highest BCUT2D eigenvalue weighted by Crippen LogP contribution is 1.97. The molecule has 0 aromatic carbocycles. The van der Waals surface area contributed by atoms with Crippen LogP contribution in [0.15, 0.2) is 12.3 Å². The van der Waals surface area contributed by atoms with Crippen LogP contribution in [-0.2, 0) is 19.1 Å². The van der Waals surface area contributed by atoms with Gasteiger partial charge < -0.3 is 9.47 Å². The van der Waals surface area contributed by atoms with Gasteiger partial charge in [-0.1, -0.05) is 26.7 Å². The zero-order chi connectivity index (χ0) is 12.2. The van der Waals surface area contributed by atoms with Crippen LogP contribution in [0, 0.1) is 0 Å². The van der Waals surface area contributed by atoms with Crippen LogP contribution in [0.5, 0.6) is 0 Å². The number of hydrogen-bond acceptors (Lipinski definition) is 4.